The van der Waals surface area contributed by atoms with Crippen molar-refractivity contribution in [2.24, 2.45) is 0 Å². The van der Waals surface area contributed by atoms with Crippen molar-refractivity contribution in [3.63, 3.8) is 0 Å². The molecule has 0 fully saturated rings. The molecule has 1 N–H and O–H groups in total. The topological polar surface area (TPSA) is 63.6 Å². The van der Waals surface area contributed by atoms with Gasteiger partial charge in [-0.2, -0.15) is 0 Å². The second-order valence-corrected chi connectivity index (χ2v) is 1.90. The Morgan fingerprint density at radius 3 is 2.42 bits per heavy atom. The number of rotatable bonds is 4. The quantitative estimate of drug-likeness (QED) is 0.499. The Balaban J connectivity index is 3.62. The lowest BCUT2D eigenvalue weighted by molar-refractivity contribution is -0.135. The Labute approximate surface area is 70.1 Å². The van der Waals surface area contributed by atoms with Gasteiger partial charge in [0.15, 0.2) is 0 Å². The molecule has 0 aliphatic rings. The van der Waals surface area contributed by atoms with E-state index in [4.69, 9.17) is 5.11 Å². The van der Waals surface area contributed by atoms with Crippen LogP contribution in [0.25, 0.3) is 0 Å². The fourth-order valence-corrected chi connectivity index (χ4v) is 0.480. The molecule has 0 rings (SSSR count). The van der Waals surface area contributed by atoms with Crippen LogP contribution < -0.4 is 0 Å². The van der Waals surface area contributed by atoms with Crippen LogP contribution in [-0.4, -0.2) is 24.2 Å². The van der Waals surface area contributed by atoms with E-state index in [-0.39, 0.29) is 0 Å². The number of hydrogen-bond acceptors (Lipinski definition) is 3. The van der Waals surface area contributed by atoms with Gasteiger partial charge in [0, 0.05) is 12.2 Å². The number of allylic oxidation sites excluding steroid dienone is 2. The van der Waals surface area contributed by atoms with Gasteiger partial charge in [-0.25, -0.2) is 9.59 Å². The summed E-state index contributed by atoms with van der Waals surface area (Å²) in [4.78, 5) is 20.4. The van der Waals surface area contributed by atoms with Gasteiger partial charge < -0.3 is 9.84 Å². The molecule has 0 unspecified atom stereocenters. The fourth-order valence-electron chi connectivity index (χ4n) is 0.480. The van der Waals surface area contributed by atoms with Crippen molar-refractivity contribution in [3.8, 4) is 0 Å². The maximum atomic E-state index is 10.5. The molecule has 0 radical (unpaired) electrons. The molecule has 0 amide bonds. The summed E-state index contributed by atoms with van der Waals surface area (Å²) in [6.07, 6.45) is 5.61. The summed E-state index contributed by atoms with van der Waals surface area (Å²) in [7, 11) is 1.28. The largest absolute Gasteiger partial charge is 0.478 e. The third-order valence-corrected chi connectivity index (χ3v) is 0.988. The Kier molecular flexibility index (Phi) is 5.34. The summed E-state index contributed by atoms with van der Waals surface area (Å²) in [6.45, 7) is 0. The number of ether oxygens (including phenoxy) is 1. The molecule has 12 heavy (non-hydrogen) atoms. The molecule has 0 aromatic carbocycles. The molecule has 0 aromatic heterocycles. The lowest BCUT2D eigenvalue weighted by Gasteiger charge is -1.87. The first-order valence-corrected chi connectivity index (χ1v) is 3.30. The van der Waals surface area contributed by atoms with Gasteiger partial charge in [-0.05, 0) is 6.42 Å². The summed E-state index contributed by atoms with van der Waals surface area (Å²) in [5, 5.41) is 8.17. The highest BCUT2D eigenvalue weighted by Gasteiger charge is 1.87. The smallest absolute Gasteiger partial charge is 0.330 e. The van der Waals surface area contributed by atoms with Gasteiger partial charge in [-0.1, -0.05) is 12.2 Å². The number of esters is 1. The third kappa shape index (κ3) is 6.54. The number of carbonyl (C=O) groups is 2. The molecule has 4 nitrogen and oxygen atoms in total. The standard InChI is InChI=1S/C8H10O4/c1-12-8(11)6-4-2-3-5-7(9)10/h3-6H,2H2,1H3,(H,9,10). The maximum Gasteiger partial charge on any atom is 0.330 e. The number of hydrogen-bond donors (Lipinski definition) is 1. The predicted molar refractivity (Wildman–Crippen MR) is 42.5 cm³/mol. The van der Waals surface area contributed by atoms with Crippen LogP contribution in [0.5, 0.6) is 0 Å². The van der Waals surface area contributed by atoms with Crippen LogP contribution in [0, 0.1) is 0 Å². The van der Waals surface area contributed by atoms with Crippen LogP contribution in [0.4, 0.5) is 0 Å². The van der Waals surface area contributed by atoms with Crippen LogP contribution in [0.1, 0.15) is 6.42 Å². The number of carboxylic acids is 1. The molecule has 66 valence electrons. The number of methoxy groups -OCH3 is 1. The average Bonchev–Trinajstić information content (AvgIpc) is 2.03. The monoisotopic (exact) mass is 170 g/mol. The fraction of sp³-hybridized carbons (Fsp3) is 0.250. The second kappa shape index (κ2) is 6.15. The van der Waals surface area contributed by atoms with Crippen molar-refractivity contribution in [2.45, 2.75) is 6.42 Å². The first kappa shape index (κ1) is 10.4. The van der Waals surface area contributed by atoms with Crippen molar-refractivity contribution >= 4 is 11.9 Å². The molecule has 0 aromatic rings. The van der Waals surface area contributed by atoms with Crippen molar-refractivity contribution in [1.29, 1.82) is 0 Å². The van der Waals surface area contributed by atoms with Gasteiger partial charge in [0.1, 0.15) is 0 Å². The third-order valence-electron chi connectivity index (χ3n) is 0.988. The zero-order valence-electron chi connectivity index (χ0n) is 6.69. The molecular formula is C8H10O4. The Morgan fingerprint density at radius 1 is 1.33 bits per heavy atom. The highest BCUT2D eigenvalue weighted by molar-refractivity contribution is 5.82. The average molecular weight is 170 g/mol. The first-order valence-electron chi connectivity index (χ1n) is 3.30. The highest BCUT2D eigenvalue weighted by atomic mass is 16.5. The Hall–Kier alpha value is -1.58. The van der Waals surface area contributed by atoms with E-state index < -0.39 is 11.9 Å². The van der Waals surface area contributed by atoms with Crippen LogP contribution >= 0.6 is 0 Å². The van der Waals surface area contributed by atoms with E-state index in [1.165, 1.54) is 25.3 Å². The molecule has 0 heterocycles. The normalized spacial score (nSPS) is 10.8. The number of carbonyl (C=O) groups excluding carboxylic acids is 1. The zero-order chi connectivity index (χ0) is 9.40. The van der Waals surface area contributed by atoms with E-state index >= 15 is 0 Å². The minimum Gasteiger partial charge on any atom is -0.478 e. The summed E-state index contributed by atoms with van der Waals surface area (Å²) in [6, 6.07) is 0. The van der Waals surface area contributed by atoms with Gasteiger partial charge in [0.2, 0.25) is 0 Å². The zero-order valence-corrected chi connectivity index (χ0v) is 6.69. The number of aliphatic carboxylic acids is 1. The van der Waals surface area contributed by atoms with Gasteiger partial charge in [0.05, 0.1) is 7.11 Å². The molecule has 0 aliphatic carbocycles. The minimum absolute atomic E-state index is 0.404. The van der Waals surface area contributed by atoms with E-state index in [1.54, 1.807) is 0 Å². The van der Waals surface area contributed by atoms with Gasteiger partial charge in [-0.15, -0.1) is 0 Å². The molecule has 0 saturated carbocycles. The minimum atomic E-state index is -0.999. The maximum absolute atomic E-state index is 10.5. The molecule has 0 atom stereocenters. The van der Waals surface area contributed by atoms with Crippen LogP contribution in [0.2, 0.25) is 0 Å². The van der Waals surface area contributed by atoms with E-state index in [1.807, 2.05) is 0 Å². The lowest BCUT2D eigenvalue weighted by atomic mass is 10.3. The summed E-state index contributed by atoms with van der Waals surface area (Å²) in [5.41, 5.74) is 0. The summed E-state index contributed by atoms with van der Waals surface area (Å²) >= 11 is 0. The van der Waals surface area contributed by atoms with Gasteiger partial charge in [-0.3, -0.25) is 0 Å². The van der Waals surface area contributed by atoms with E-state index in [2.05, 4.69) is 4.74 Å². The van der Waals surface area contributed by atoms with Crippen molar-refractivity contribution < 1.29 is 19.4 Å². The van der Waals surface area contributed by atoms with Crippen molar-refractivity contribution in [1.82, 2.24) is 0 Å². The Bertz CT molecular complexity index is 215. The Morgan fingerprint density at radius 2 is 1.92 bits per heavy atom. The SMILES string of the molecule is COC(=O)C=CCC=CC(=O)O. The van der Waals surface area contributed by atoms with Crippen LogP contribution in [-0.2, 0) is 14.3 Å². The second-order valence-electron chi connectivity index (χ2n) is 1.90. The molecular weight excluding hydrogens is 160 g/mol. The predicted octanol–water partition coefficient (Wildman–Crippen LogP) is 0.746. The molecule has 0 aliphatic heterocycles. The van der Waals surface area contributed by atoms with Crippen LogP contribution in [0.15, 0.2) is 24.3 Å². The summed E-state index contributed by atoms with van der Waals surface area (Å²) in [5.74, 6) is -1.44. The highest BCUT2D eigenvalue weighted by Crippen LogP contribution is 1.87. The molecule has 4 heteroatoms. The molecule has 0 spiro atoms. The molecule has 0 bridgehead atoms. The van der Waals surface area contributed by atoms with Gasteiger partial charge >= 0.3 is 11.9 Å². The number of carboxylic acid groups (broad SMARTS) is 1. The molecule has 0 saturated heterocycles. The van der Waals surface area contributed by atoms with Gasteiger partial charge in [0.25, 0.3) is 0 Å². The first-order chi connectivity index (χ1) is 5.66. The lowest BCUT2D eigenvalue weighted by Crippen LogP contribution is -1.93. The van der Waals surface area contributed by atoms with E-state index in [0.717, 1.165) is 6.08 Å². The van der Waals surface area contributed by atoms with Crippen molar-refractivity contribution in [2.75, 3.05) is 7.11 Å². The van der Waals surface area contributed by atoms with Crippen molar-refractivity contribution in [3.05, 3.63) is 24.3 Å². The van der Waals surface area contributed by atoms with E-state index in [0.29, 0.717) is 6.42 Å². The van der Waals surface area contributed by atoms with Crippen LogP contribution in [0.3, 0.4) is 0 Å². The van der Waals surface area contributed by atoms with E-state index in [9.17, 15) is 9.59 Å². The summed E-state index contributed by atoms with van der Waals surface area (Å²) < 4.78 is 4.31.